The van der Waals surface area contributed by atoms with Crippen LogP contribution in [0.15, 0.2) is 47.5 Å². The molecule has 0 saturated carbocycles. The van der Waals surface area contributed by atoms with Gasteiger partial charge in [0.25, 0.3) is 0 Å². The topological polar surface area (TPSA) is 131 Å². The Labute approximate surface area is 250 Å². The lowest BCUT2D eigenvalue weighted by Gasteiger charge is -2.32. The van der Waals surface area contributed by atoms with E-state index in [4.69, 9.17) is 26.1 Å². The molecule has 224 valence electrons. The van der Waals surface area contributed by atoms with Crippen LogP contribution in [-0.2, 0) is 9.53 Å². The molecule has 4 rings (SSSR count). The van der Waals surface area contributed by atoms with Crippen LogP contribution in [0.4, 0.5) is 4.79 Å². The molecule has 3 aromatic rings. The van der Waals surface area contributed by atoms with Crippen LogP contribution in [0.3, 0.4) is 0 Å². The van der Waals surface area contributed by atoms with Crippen LogP contribution in [-0.4, -0.2) is 80.9 Å². The molecule has 2 aromatic carbocycles. The molecule has 42 heavy (non-hydrogen) atoms. The average molecular weight is 597 g/mol. The molecule has 0 unspecified atom stereocenters. The lowest BCUT2D eigenvalue weighted by atomic mass is 10.00. The van der Waals surface area contributed by atoms with Crippen LogP contribution < -0.4 is 10.1 Å². The monoisotopic (exact) mass is 596 g/mol. The first-order valence-corrected chi connectivity index (χ1v) is 14.3. The molecule has 12 heteroatoms. The number of carbonyl (C=O) groups excluding carboxylic acids is 1. The minimum absolute atomic E-state index is 0.117. The van der Waals surface area contributed by atoms with Crippen molar-refractivity contribution in [3.8, 4) is 11.4 Å². The first-order valence-electron chi connectivity index (χ1n) is 13.9. The smallest absolute Gasteiger partial charge is 0.407 e. The zero-order valence-corrected chi connectivity index (χ0v) is 25.3. The number of carboxylic acid groups (broad SMARTS) is 1. The number of nitrogens with one attached hydrogen (secondary N) is 1. The van der Waals surface area contributed by atoms with Crippen molar-refractivity contribution in [2.45, 2.75) is 52.6 Å². The summed E-state index contributed by atoms with van der Waals surface area (Å²) in [5.74, 6) is 1.73. The minimum Gasteiger partial charge on any atom is -0.491 e. The number of rotatable bonds is 11. The average Bonchev–Trinajstić information content (AvgIpc) is 3.25. The maximum Gasteiger partial charge on any atom is 0.407 e. The second-order valence-electron chi connectivity index (χ2n) is 10.8. The number of halogens is 1. The number of hydrogen-bond acceptors (Lipinski definition) is 7. The van der Waals surface area contributed by atoms with Gasteiger partial charge in [-0.05, 0) is 65.0 Å². The third-order valence-corrected chi connectivity index (χ3v) is 7.02. The Balaban J connectivity index is 1.59. The van der Waals surface area contributed by atoms with Crippen LogP contribution in [0, 0.1) is 6.92 Å². The predicted molar refractivity (Wildman–Crippen MR) is 160 cm³/mol. The third kappa shape index (κ3) is 7.27. The number of aromatic nitrogens is 3. The molecule has 11 nitrogen and oxygen atoms in total. The number of hydrogen-bond donors (Lipinski definition) is 2. The highest BCUT2D eigenvalue weighted by atomic mass is 35.5. The Hall–Kier alpha value is -3.96. The predicted octanol–water partition coefficient (Wildman–Crippen LogP) is 4.82. The molecule has 2 heterocycles. The number of ether oxygens (including phenoxy) is 2. The second kappa shape index (κ2) is 13.3. The number of nitrogens with zero attached hydrogens (tertiary/aromatic N) is 5. The second-order valence-corrected chi connectivity index (χ2v) is 11.3. The van der Waals surface area contributed by atoms with E-state index >= 15 is 0 Å². The molecule has 2 amide bonds. The molecule has 0 saturated heterocycles. The maximum atomic E-state index is 12.6. The van der Waals surface area contributed by atoms with Crippen LogP contribution in [0.5, 0.6) is 5.75 Å². The highest BCUT2D eigenvalue weighted by Gasteiger charge is 2.30. The number of carbonyl (C=O) groups is 2. The van der Waals surface area contributed by atoms with Gasteiger partial charge in [-0.2, -0.15) is 0 Å². The molecule has 0 fully saturated rings. The van der Waals surface area contributed by atoms with E-state index in [-0.39, 0.29) is 38.7 Å². The van der Waals surface area contributed by atoms with Crippen molar-refractivity contribution in [1.29, 1.82) is 0 Å². The lowest BCUT2D eigenvalue weighted by Crippen LogP contribution is -2.46. The van der Waals surface area contributed by atoms with Crippen molar-refractivity contribution >= 4 is 29.3 Å². The third-order valence-electron chi connectivity index (χ3n) is 6.76. The van der Waals surface area contributed by atoms with Gasteiger partial charge in [-0.25, -0.2) is 4.79 Å². The van der Waals surface area contributed by atoms with Crippen molar-refractivity contribution < 1.29 is 24.2 Å². The Morgan fingerprint density at radius 2 is 1.83 bits per heavy atom. The van der Waals surface area contributed by atoms with E-state index in [0.717, 1.165) is 16.8 Å². The van der Waals surface area contributed by atoms with E-state index in [2.05, 4.69) is 15.5 Å². The Kier molecular flexibility index (Phi) is 9.85. The normalized spacial score (nSPS) is 14.3. The Morgan fingerprint density at radius 1 is 1.10 bits per heavy atom. The summed E-state index contributed by atoms with van der Waals surface area (Å²) in [5, 5.41) is 21.6. The van der Waals surface area contributed by atoms with E-state index in [9.17, 15) is 14.7 Å². The van der Waals surface area contributed by atoms with E-state index < -0.39 is 17.7 Å². The van der Waals surface area contributed by atoms with Gasteiger partial charge in [0.15, 0.2) is 5.82 Å². The molecule has 1 atom stereocenters. The summed E-state index contributed by atoms with van der Waals surface area (Å²) in [6.07, 6.45) is -0.864. The number of fused-ring (bicyclic) bond motifs is 3. The van der Waals surface area contributed by atoms with E-state index in [1.54, 1.807) is 12.1 Å². The minimum atomic E-state index is -0.981. The zero-order valence-electron chi connectivity index (χ0n) is 24.6. The van der Waals surface area contributed by atoms with Gasteiger partial charge in [0, 0.05) is 34.8 Å². The van der Waals surface area contributed by atoms with Crippen molar-refractivity contribution in [3.63, 3.8) is 0 Å². The van der Waals surface area contributed by atoms with Crippen LogP contribution in [0.2, 0.25) is 5.02 Å². The molecule has 1 aliphatic heterocycles. The van der Waals surface area contributed by atoms with Crippen molar-refractivity contribution in [2.75, 3.05) is 32.9 Å². The van der Waals surface area contributed by atoms with Crippen molar-refractivity contribution in [3.05, 3.63) is 70.3 Å². The van der Waals surface area contributed by atoms with Crippen molar-refractivity contribution in [2.24, 2.45) is 4.99 Å². The van der Waals surface area contributed by atoms with Gasteiger partial charge >= 0.3 is 6.09 Å². The summed E-state index contributed by atoms with van der Waals surface area (Å²) < 4.78 is 13.6. The first-order chi connectivity index (χ1) is 20.0. The molecule has 0 spiro atoms. The first kappa shape index (κ1) is 31.0. The van der Waals surface area contributed by atoms with Crippen LogP contribution in [0.1, 0.15) is 62.9 Å². The molecule has 0 bridgehead atoms. The molecule has 0 aliphatic carbocycles. The molecule has 1 aromatic heterocycles. The van der Waals surface area contributed by atoms with Gasteiger partial charge in [0.2, 0.25) is 5.91 Å². The van der Waals surface area contributed by atoms with E-state index in [1.165, 1.54) is 4.90 Å². The number of aliphatic imine (C=N–C) groups is 1. The van der Waals surface area contributed by atoms with Gasteiger partial charge in [0.1, 0.15) is 24.2 Å². The summed E-state index contributed by atoms with van der Waals surface area (Å²) >= 11 is 6.19. The van der Waals surface area contributed by atoms with Crippen LogP contribution >= 0.6 is 11.6 Å². The van der Waals surface area contributed by atoms with Gasteiger partial charge in [-0.1, -0.05) is 23.7 Å². The zero-order chi connectivity index (χ0) is 30.4. The molecule has 1 aliphatic rings. The fourth-order valence-corrected chi connectivity index (χ4v) is 4.90. The highest BCUT2D eigenvalue weighted by Crippen LogP contribution is 2.34. The summed E-state index contributed by atoms with van der Waals surface area (Å²) in [5.41, 5.74) is 2.61. The largest absolute Gasteiger partial charge is 0.491 e. The molecular weight excluding hydrogens is 560 g/mol. The lowest BCUT2D eigenvalue weighted by molar-refractivity contribution is -0.121. The van der Waals surface area contributed by atoms with Crippen molar-refractivity contribution in [1.82, 2.24) is 25.0 Å². The Bertz CT molecular complexity index is 1450. The summed E-state index contributed by atoms with van der Waals surface area (Å²) in [6.45, 7) is 10.9. The standard InChI is InChI=1S/C30H37ClN6O5/c1-6-32-26(38)18-24-28-35-34-19(2)37(28)25-12-11-22(17-23(25)27(33-24)20-7-9-21(31)10-8-20)42-16-15-41-14-13-36(29(39)40)30(3,4)5/h7-12,17,24H,6,13-16,18H2,1-5H3,(H,32,38)(H,39,40)/t24-/m0/s1. The summed E-state index contributed by atoms with van der Waals surface area (Å²) in [4.78, 5) is 30.6. The fraction of sp³-hybridized carbons (Fsp3) is 0.433. The number of aryl methyl sites for hydroxylation is 1. The van der Waals surface area contributed by atoms with Crippen LogP contribution in [0.25, 0.3) is 5.69 Å². The molecular formula is C30H37ClN6O5. The highest BCUT2D eigenvalue weighted by molar-refractivity contribution is 6.30. The quantitative estimate of drug-likeness (QED) is 0.303. The van der Waals surface area contributed by atoms with Gasteiger partial charge in [-0.3, -0.25) is 14.4 Å². The molecule has 2 N–H and O–H groups in total. The summed E-state index contributed by atoms with van der Waals surface area (Å²) in [6, 6.07) is 12.5. The van der Waals surface area contributed by atoms with Gasteiger partial charge in [0.05, 0.1) is 31.0 Å². The fourth-order valence-electron chi connectivity index (χ4n) is 4.78. The number of benzene rings is 2. The van der Waals surface area contributed by atoms with Gasteiger partial charge < -0.3 is 24.8 Å². The maximum absolute atomic E-state index is 12.6. The van der Waals surface area contributed by atoms with E-state index in [1.807, 2.05) is 69.5 Å². The number of amides is 2. The molecule has 0 radical (unpaired) electrons. The van der Waals surface area contributed by atoms with Gasteiger partial charge in [-0.15, -0.1) is 10.2 Å². The Morgan fingerprint density at radius 3 is 2.50 bits per heavy atom. The summed E-state index contributed by atoms with van der Waals surface area (Å²) in [7, 11) is 0. The SMILES string of the molecule is CCNC(=O)C[C@@H]1N=C(c2ccc(Cl)cc2)c2cc(OCCOCCN(C(=O)O)C(C)(C)C)ccc2-n2c(C)nnc21. The van der Waals surface area contributed by atoms with E-state index in [0.29, 0.717) is 34.7 Å².